The van der Waals surface area contributed by atoms with Crippen LogP contribution in [-0.2, 0) is 17.7 Å². The number of nitrogens with one attached hydrogen (secondary N) is 2. The minimum absolute atomic E-state index is 0.623. The Labute approximate surface area is 109 Å². The molecule has 1 aromatic rings. The first kappa shape index (κ1) is 12.0. The van der Waals surface area contributed by atoms with Gasteiger partial charge in [-0.1, -0.05) is 18.2 Å². The minimum atomic E-state index is 0.623. The topological polar surface area (TPSA) is 33.3 Å². The molecule has 98 valence electrons. The number of hydrogen-bond donors (Lipinski definition) is 2. The molecule has 0 saturated carbocycles. The molecule has 0 atom stereocenters. The molecule has 2 heterocycles. The van der Waals surface area contributed by atoms with Crippen molar-refractivity contribution >= 4 is 5.69 Å². The fourth-order valence-electron chi connectivity index (χ4n) is 2.88. The van der Waals surface area contributed by atoms with Crippen molar-refractivity contribution in [1.29, 1.82) is 0 Å². The second-order valence-corrected chi connectivity index (χ2v) is 5.25. The van der Waals surface area contributed by atoms with E-state index in [1.807, 2.05) is 0 Å². The minimum Gasteiger partial charge on any atom is -0.385 e. The van der Waals surface area contributed by atoms with Crippen molar-refractivity contribution in [1.82, 2.24) is 5.32 Å². The molecule has 2 N–H and O–H groups in total. The Balaban J connectivity index is 1.65. The maximum atomic E-state index is 5.39. The lowest BCUT2D eigenvalue weighted by Crippen LogP contribution is -2.34. The number of fused-ring (bicyclic) bond motifs is 1. The molecule has 3 heteroatoms. The molecule has 1 fully saturated rings. The van der Waals surface area contributed by atoms with E-state index in [0.717, 1.165) is 39.1 Å². The highest BCUT2D eigenvalue weighted by molar-refractivity contribution is 5.59. The normalized spacial score (nSPS) is 20.2. The molecule has 18 heavy (non-hydrogen) atoms. The number of ether oxygens (including phenoxy) is 1. The van der Waals surface area contributed by atoms with Gasteiger partial charge in [0.15, 0.2) is 0 Å². The first-order valence-corrected chi connectivity index (χ1v) is 7.09. The van der Waals surface area contributed by atoms with Crippen LogP contribution in [0, 0.1) is 0 Å². The predicted octanol–water partition coefficient (Wildman–Crippen LogP) is 2.31. The second kappa shape index (κ2) is 5.72. The Morgan fingerprint density at radius 3 is 3.06 bits per heavy atom. The van der Waals surface area contributed by atoms with Crippen LogP contribution >= 0.6 is 0 Å². The second-order valence-electron chi connectivity index (χ2n) is 5.25. The van der Waals surface area contributed by atoms with Gasteiger partial charge in [0, 0.05) is 38.0 Å². The Bertz CT molecular complexity index is 399. The van der Waals surface area contributed by atoms with E-state index in [2.05, 4.69) is 28.8 Å². The summed E-state index contributed by atoms with van der Waals surface area (Å²) in [6.07, 6.45) is 4.75. The van der Waals surface area contributed by atoms with Gasteiger partial charge in [0.25, 0.3) is 0 Å². The average molecular weight is 246 g/mol. The molecule has 0 bridgehead atoms. The van der Waals surface area contributed by atoms with Gasteiger partial charge in [-0.25, -0.2) is 0 Å². The van der Waals surface area contributed by atoms with E-state index in [9.17, 15) is 0 Å². The average Bonchev–Trinajstić information content (AvgIpc) is 2.46. The Hall–Kier alpha value is -1.06. The number of hydrogen-bond acceptors (Lipinski definition) is 3. The van der Waals surface area contributed by atoms with Gasteiger partial charge < -0.3 is 15.4 Å². The Kier molecular flexibility index (Phi) is 3.81. The summed E-state index contributed by atoms with van der Waals surface area (Å²) in [7, 11) is 0. The van der Waals surface area contributed by atoms with Crippen molar-refractivity contribution in [3.8, 4) is 0 Å². The monoisotopic (exact) mass is 246 g/mol. The van der Waals surface area contributed by atoms with Crippen LogP contribution < -0.4 is 10.6 Å². The Morgan fingerprint density at radius 2 is 2.17 bits per heavy atom. The molecule has 2 aliphatic heterocycles. The lowest BCUT2D eigenvalue weighted by molar-refractivity contribution is 0.0776. The zero-order chi connectivity index (χ0) is 12.2. The molecule has 0 radical (unpaired) electrons. The van der Waals surface area contributed by atoms with E-state index in [-0.39, 0.29) is 0 Å². The third-order valence-electron chi connectivity index (χ3n) is 3.96. The SMILES string of the molecule is c1cc2c(c(CNC3CCOCC3)c1)NCCC2. The molecule has 1 aromatic carbocycles. The van der Waals surface area contributed by atoms with E-state index >= 15 is 0 Å². The lowest BCUT2D eigenvalue weighted by atomic mass is 9.99. The fraction of sp³-hybridized carbons (Fsp3) is 0.600. The van der Waals surface area contributed by atoms with E-state index < -0.39 is 0 Å². The maximum absolute atomic E-state index is 5.39. The largest absolute Gasteiger partial charge is 0.385 e. The summed E-state index contributed by atoms with van der Waals surface area (Å²) in [6, 6.07) is 7.30. The van der Waals surface area contributed by atoms with Gasteiger partial charge in [0.2, 0.25) is 0 Å². The first-order valence-electron chi connectivity index (χ1n) is 7.09. The summed E-state index contributed by atoms with van der Waals surface area (Å²) < 4.78 is 5.39. The summed E-state index contributed by atoms with van der Waals surface area (Å²) >= 11 is 0. The molecule has 0 amide bonds. The van der Waals surface area contributed by atoms with Crippen LogP contribution in [-0.4, -0.2) is 25.8 Å². The molecule has 0 unspecified atom stereocenters. The highest BCUT2D eigenvalue weighted by Gasteiger charge is 2.15. The Morgan fingerprint density at radius 1 is 1.28 bits per heavy atom. The van der Waals surface area contributed by atoms with Gasteiger partial charge in [-0.3, -0.25) is 0 Å². The molecule has 3 rings (SSSR count). The predicted molar refractivity (Wildman–Crippen MR) is 73.9 cm³/mol. The summed E-state index contributed by atoms with van der Waals surface area (Å²) in [6.45, 7) is 3.90. The number of rotatable bonds is 3. The molecule has 0 spiro atoms. The van der Waals surface area contributed by atoms with Crippen LogP contribution in [0.1, 0.15) is 30.4 Å². The molecule has 2 aliphatic rings. The van der Waals surface area contributed by atoms with Crippen molar-refractivity contribution < 1.29 is 4.74 Å². The number of aryl methyl sites for hydroxylation is 1. The third-order valence-corrected chi connectivity index (χ3v) is 3.96. The van der Waals surface area contributed by atoms with Crippen LogP contribution in [0.5, 0.6) is 0 Å². The highest BCUT2D eigenvalue weighted by Crippen LogP contribution is 2.26. The summed E-state index contributed by atoms with van der Waals surface area (Å²) in [5.41, 5.74) is 4.27. The van der Waals surface area contributed by atoms with Crippen molar-refractivity contribution in [2.75, 3.05) is 25.1 Å². The van der Waals surface area contributed by atoms with Gasteiger partial charge in [-0.05, 0) is 36.8 Å². The van der Waals surface area contributed by atoms with Crippen LogP contribution in [0.2, 0.25) is 0 Å². The van der Waals surface area contributed by atoms with Crippen LogP contribution in [0.25, 0.3) is 0 Å². The number of benzene rings is 1. The molecular formula is C15H22N2O. The van der Waals surface area contributed by atoms with Crippen molar-refractivity contribution in [3.63, 3.8) is 0 Å². The van der Waals surface area contributed by atoms with E-state index in [0.29, 0.717) is 6.04 Å². The van der Waals surface area contributed by atoms with Gasteiger partial charge in [0.1, 0.15) is 0 Å². The van der Waals surface area contributed by atoms with E-state index in [1.54, 1.807) is 0 Å². The summed E-state index contributed by atoms with van der Waals surface area (Å²) in [5.74, 6) is 0. The molecule has 1 saturated heterocycles. The zero-order valence-corrected chi connectivity index (χ0v) is 10.9. The lowest BCUT2D eigenvalue weighted by Gasteiger charge is -2.25. The van der Waals surface area contributed by atoms with Crippen LogP contribution in [0.15, 0.2) is 18.2 Å². The fourth-order valence-corrected chi connectivity index (χ4v) is 2.88. The van der Waals surface area contributed by atoms with Crippen molar-refractivity contribution in [2.24, 2.45) is 0 Å². The smallest absolute Gasteiger partial charge is 0.0480 e. The van der Waals surface area contributed by atoms with Gasteiger partial charge >= 0.3 is 0 Å². The summed E-state index contributed by atoms with van der Waals surface area (Å²) in [4.78, 5) is 0. The molecule has 0 aromatic heterocycles. The van der Waals surface area contributed by atoms with E-state index in [4.69, 9.17) is 4.74 Å². The van der Waals surface area contributed by atoms with Gasteiger partial charge in [0.05, 0.1) is 0 Å². The maximum Gasteiger partial charge on any atom is 0.0480 e. The highest BCUT2D eigenvalue weighted by atomic mass is 16.5. The quantitative estimate of drug-likeness (QED) is 0.858. The van der Waals surface area contributed by atoms with Gasteiger partial charge in [-0.15, -0.1) is 0 Å². The standard InChI is InChI=1S/C15H22N2O/c1-3-12-5-2-8-16-15(12)13(4-1)11-17-14-6-9-18-10-7-14/h1,3-4,14,16-17H,2,5-11H2. The first-order chi connectivity index (χ1) is 8.93. The third kappa shape index (κ3) is 2.68. The van der Waals surface area contributed by atoms with E-state index in [1.165, 1.54) is 29.7 Å². The van der Waals surface area contributed by atoms with Gasteiger partial charge in [-0.2, -0.15) is 0 Å². The zero-order valence-electron chi connectivity index (χ0n) is 10.9. The van der Waals surface area contributed by atoms with Crippen molar-refractivity contribution in [3.05, 3.63) is 29.3 Å². The number of anilines is 1. The van der Waals surface area contributed by atoms with Crippen molar-refractivity contribution in [2.45, 2.75) is 38.3 Å². The van der Waals surface area contributed by atoms with Crippen LogP contribution in [0.3, 0.4) is 0 Å². The summed E-state index contributed by atoms with van der Waals surface area (Å²) in [5, 5.41) is 7.22. The molecule has 0 aliphatic carbocycles. The number of para-hydroxylation sites is 1. The molecular weight excluding hydrogens is 224 g/mol. The van der Waals surface area contributed by atoms with Crippen LogP contribution in [0.4, 0.5) is 5.69 Å². The molecule has 3 nitrogen and oxygen atoms in total.